The minimum atomic E-state index is 0.697. The maximum absolute atomic E-state index is 4.44. The lowest BCUT2D eigenvalue weighted by Gasteiger charge is -2.11. The van der Waals surface area contributed by atoms with Gasteiger partial charge in [0.25, 0.3) is 0 Å². The first-order valence-electron chi connectivity index (χ1n) is 7.43. The monoisotopic (exact) mass is 297 g/mol. The summed E-state index contributed by atoms with van der Waals surface area (Å²) >= 11 is 0. The fourth-order valence-electron chi connectivity index (χ4n) is 2.17. The van der Waals surface area contributed by atoms with Crippen molar-refractivity contribution >= 4 is 5.96 Å². The van der Waals surface area contributed by atoms with E-state index >= 15 is 0 Å². The number of aromatic nitrogens is 2. The predicted octanol–water partition coefficient (Wildman–Crippen LogP) is 1.82. The maximum Gasteiger partial charge on any atom is 0.191 e. The number of nitrogens with zero attached hydrogens (tertiary/aromatic N) is 3. The third-order valence-corrected chi connectivity index (χ3v) is 3.28. The Morgan fingerprint density at radius 1 is 1.32 bits per heavy atom. The van der Waals surface area contributed by atoms with E-state index in [1.54, 1.807) is 13.1 Å². The van der Waals surface area contributed by atoms with E-state index in [1.165, 1.54) is 5.56 Å². The van der Waals surface area contributed by atoms with Crippen LogP contribution in [0.1, 0.15) is 11.4 Å². The van der Waals surface area contributed by atoms with Crippen molar-refractivity contribution in [3.8, 4) is 0 Å². The average Bonchev–Trinajstić information content (AvgIpc) is 2.99. The molecule has 1 aromatic carbocycles. The highest BCUT2D eigenvalue weighted by molar-refractivity contribution is 5.79. The molecule has 0 unspecified atom stereocenters. The number of imidazole rings is 1. The Morgan fingerprint density at radius 2 is 2.14 bits per heavy atom. The van der Waals surface area contributed by atoms with Crippen molar-refractivity contribution in [2.75, 3.05) is 20.1 Å². The molecule has 5 heteroatoms. The molecule has 1 aromatic heterocycles. The van der Waals surface area contributed by atoms with Crippen molar-refractivity contribution < 1.29 is 0 Å². The first kappa shape index (κ1) is 15.8. The van der Waals surface area contributed by atoms with Crippen molar-refractivity contribution in [3.05, 3.63) is 66.8 Å². The van der Waals surface area contributed by atoms with Crippen LogP contribution in [-0.2, 0) is 13.0 Å². The van der Waals surface area contributed by atoms with Crippen LogP contribution < -0.4 is 10.6 Å². The molecule has 5 nitrogen and oxygen atoms in total. The molecule has 22 heavy (non-hydrogen) atoms. The minimum absolute atomic E-state index is 0.697. The fraction of sp³-hybridized carbons (Fsp3) is 0.294. The predicted molar refractivity (Wildman–Crippen MR) is 91.0 cm³/mol. The summed E-state index contributed by atoms with van der Waals surface area (Å²) in [5, 5.41) is 6.42. The normalized spacial score (nSPS) is 11.2. The van der Waals surface area contributed by atoms with Gasteiger partial charge in [-0.2, -0.15) is 0 Å². The SMILES string of the molecule is C=CCNC(=NC)NCCc1nccn1Cc1ccccc1. The van der Waals surface area contributed by atoms with Gasteiger partial charge in [0.2, 0.25) is 0 Å². The van der Waals surface area contributed by atoms with Gasteiger partial charge in [0.15, 0.2) is 5.96 Å². The van der Waals surface area contributed by atoms with E-state index in [0.29, 0.717) is 6.54 Å². The molecule has 0 saturated carbocycles. The summed E-state index contributed by atoms with van der Waals surface area (Å²) in [6, 6.07) is 10.4. The lowest BCUT2D eigenvalue weighted by molar-refractivity contribution is 0.696. The summed E-state index contributed by atoms with van der Waals surface area (Å²) in [4.78, 5) is 8.60. The maximum atomic E-state index is 4.44. The molecule has 0 saturated heterocycles. The quantitative estimate of drug-likeness (QED) is 0.466. The van der Waals surface area contributed by atoms with E-state index in [1.807, 2.05) is 18.5 Å². The second-order valence-electron chi connectivity index (χ2n) is 4.88. The fourth-order valence-corrected chi connectivity index (χ4v) is 2.17. The molecule has 0 fully saturated rings. The van der Waals surface area contributed by atoms with Crippen LogP contribution in [0.5, 0.6) is 0 Å². The Hall–Kier alpha value is -2.56. The Morgan fingerprint density at radius 3 is 2.86 bits per heavy atom. The first-order chi connectivity index (χ1) is 10.8. The zero-order chi connectivity index (χ0) is 15.6. The highest BCUT2D eigenvalue weighted by atomic mass is 15.2. The molecule has 1 heterocycles. The van der Waals surface area contributed by atoms with Crippen LogP contribution in [0.15, 0.2) is 60.4 Å². The lowest BCUT2D eigenvalue weighted by atomic mass is 10.2. The van der Waals surface area contributed by atoms with Gasteiger partial charge in [-0.1, -0.05) is 36.4 Å². The topological polar surface area (TPSA) is 54.2 Å². The van der Waals surface area contributed by atoms with Gasteiger partial charge in [-0.05, 0) is 5.56 Å². The van der Waals surface area contributed by atoms with Crippen molar-refractivity contribution in [3.63, 3.8) is 0 Å². The van der Waals surface area contributed by atoms with Crippen LogP contribution in [0.4, 0.5) is 0 Å². The van der Waals surface area contributed by atoms with Crippen LogP contribution >= 0.6 is 0 Å². The molecule has 0 aliphatic heterocycles. The number of rotatable bonds is 7. The Balaban J connectivity index is 1.86. The number of guanidine groups is 1. The largest absolute Gasteiger partial charge is 0.356 e. The van der Waals surface area contributed by atoms with E-state index in [4.69, 9.17) is 0 Å². The molecule has 0 atom stereocenters. The third kappa shape index (κ3) is 4.77. The van der Waals surface area contributed by atoms with Crippen molar-refractivity contribution in [2.45, 2.75) is 13.0 Å². The average molecular weight is 297 g/mol. The first-order valence-corrected chi connectivity index (χ1v) is 7.43. The summed E-state index contributed by atoms with van der Waals surface area (Å²) in [5.41, 5.74) is 1.28. The standard InChI is InChI=1S/C17H23N5/c1-3-10-20-17(18-2)21-11-9-16-19-12-13-22(16)14-15-7-5-4-6-8-15/h3-8,12-13H,1,9-11,14H2,2H3,(H2,18,20,21). The Kier molecular flexibility index (Phi) is 6.23. The number of hydrogen-bond acceptors (Lipinski definition) is 2. The smallest absolute Gasteiger partial charge is 0.191 e. The van der Waals surface area contributed by atoms with Crippen LogP contribution in [0.3, 0.4) is 0 Å². The summed E-state index contributed by atoms with van der Waals surface area (Å²) < 4.78 is 2.18. The summed E-state index contributed by atoms with van der Waals surface area (Å²) in [5.74, 6) is 1.84. The number of nitrogens with one attached hydrogen (secondary N) is 2. The second kappa shape index (κ2) is 8.67. The minimum Gasteiger partial charge on any atom is -0.356 e. The molecule has 0 aliphatic rings. The molecule has 0 aliphatic carbocycles. The lowest BCUT2D eigenvalue weighted by Crippen LogP contribution is -2.38. The van der Waals surface area contributed by atoms with E-state index < -0.39 is 0 Å². The van der Waals surface area contributed by atoms with Gasteiger partial charge in [0.05, 0.1) is 0 Å². The molecule has 0 bridgehead atoms. The number of aliphatic imine (C=N–C) groups is 1. The molecule has 0 spiro atoms. The Labute approximate surface area is 131 Å². The van der Waals surface area contributed by atoms with Crippen LogP contribution in [0.2, 0.25) is 0 Å². The van der Waals surface area contributed by atoms with Gasteiger partial charge in [-0.15, -0.1) is 6.58 Å². The van der Waals surface area contributed by atoms with Crippen molar-refractivity contribution in [1.82, 2.24) is 20.2 Å². The van der Waals surface area contributed by atoms with Gasteiger partial charge < -0.3 is 15.2 Å². The van der Waals surface area contributed by atoms with E-state index in [-0.39, 0.29) is 0 Å². The molecule has 0 amide bonds. The van der Waals surface area contributed by atoms with Gasteiger partial charge >= 0.3 is 0 Å². The van der Waals surface area contributed by atoms with E-state index in [0.717, 1.165) is 31.3 Å². The van der Waals surface area contributed by atoms with Gasteiger partial charge in [-0.25, -0.2) is 4.98 Å². The molecule has 116 valence electrons. The number of benzene rings is 1. The zero-order valence-electron chi connectivity index (χ0n) is 13.0. The van der Waals surface area contributed by atoms with Gasteiger partial charge in [0, 0.05) is 45.5 Å². The summed E-state index contributed by atoms with van der Waals surface area (Å²) in [6.45, 7) is 6.00. The zero-order valence-corrected chi connectivity index (χ0v) is 13.0. The second-order valence-corrected chi connectivity index (χ2v) is 4.88. The Bertz CT molecular complexity index is 601. The summed E-state index contributed by atoms with van der Waals surface area (Å²) in [7, 11) is 1.76. The number of hydrogen-bond donors (Lipinski definition) is 2. The molecular weight excluding hydrogens is 274 g/mol. The molecular formula is C17H23N5. The molecule has 2 aromatic rings. The van der Waals surface area contributed by atoms with Gasteiger partial charge in [0.1, 0.15) is 5.82 Å². The molecule has 2 rings (SSSR count). The van der Waals surface area contributed by atoms with E-state index in [2.05, 4.69) is 56.0 Å². The van der Waals surface area contributed by atoms with E-state index in [9.17, 15) is 0 Å². The third-order valence-electron chi connectivity index (χ3n) is 3.28. The van der Waals surface area contributed by atoms with Crippen molar-refractivity contribution in [1.29, 1.82) is 0 Å². The summed E-state index contributed by atoms with van der Waals surface area (Å²) in [6.07, 6.45) is 6.52. The molecule has 2 N–H and O–H groups in total. The highest BCUT2D eigenvalue weighted by Crippen LogP contribution is 2.05. The van der Waals surface area contributed by atoms with Crippen molar-refractivity contribution in [2.24, 2.45) is 4.99 Å². The van der Waals surface area contributed by atoms with Gasteiger partial charge in [-0.3, -0.25) is 4.99 Å². The van der Waals surface area contributed by atoms with Crippen LogP contribution in [-0.4, -0.2) is 35.6 Å². The highest BCUT2D eigenvalue weighted by Gasteiger charge is 2.04. The van der Waals surface area contributed by atoms with Crippen LogP contribution in [0, 0.1) is 0 Å². The van der Waals surface area contributed by atoms with Crippen LogP contribution in [0.25, 0.3) is 0 Å². The molecule has 0 radical (unpaired) electrons.